The van der Waals surface area contributed by atoms with Crippen LogP contribution in [0.4, 0.5) is 10.5 Å². The summed E-state index contributed by atoms with van der Waals surface area (Å²) in [5, 5.41) is 0.551. The van der Waals surface area contributed by atoms with Gasteiger partial charge in [0, 0.05) is 0 Å². The molecule has 5 nitrogen and oxygen atoms in total. The summed E-state index contributed by atoms with van der Waals surface area (Å²) in [6.07, 6.45) is 0. The van der Waals surface area contributed by atoms with Crippen LogP contribution in [0.3, 0.4) is 0 Å². The molecule has 1 fully saturated rings. The van der Waals surface area contributed by atoms with Gasteiger partial charge in [0.1, 0.15) is 5.70 Å². The van der Waals surface area contributed by atoms with E-state index in [0.717, 1.165) is 0 Å². The molecule has 15 heavy (non-hydrogen) atoms. The minimum Gasteiger partial charge on any atom is -0.265 e. The molecule has 1 saturated heterocycles. The lowest BCUT2D eigenvalue weighted by Gasteiger charge is -2.14. The highest BCUT2D eigenvalue weighted by Gasteiger charge is 2.38. The maximum Gasteiger partial charge on any atom is 0.350 e. The minimum absolute atomic E-state index is 0.0636. The number of anilines is 1. The SMILES string of the molecule is C=C1C(=O)N(N)C(=O)N1c1ccccc1. The van der Waals surface area contributed by atoms with Gasteiger partial charge in [0.15, 0.2) is 0 Å². The number of amides is 3. The molecular formula is C10H9N3O2. The predicted octanol–water partition coefficient (Wildman–Crippen LogP) is 0.843. The Labute approximate surface area is 86.3 Å². The lowest BCUT2D eigenvalue weighted by Crippen LogP contribution is -2.38. The van der Waals surface area contributed by atoms with E-state index in [-0.39, 0.29) is 5.70 Å². The minimum atomic E-state index is -0.587. The standard InChI is InChI=1S/C10H9N3O2/c1-7-9(14)13(11)10(15)12(7)8-5-3-2-4-6-8/h2-6H,1,11H2. The zero-order valence-electron chi connectivity index (χ0n) is 7.88. The first-order valence-electron chi connectivity index (χ1n) is 4.30. The van der Waals surface area contributed by atoms with E-state index in [1.165, 1.54) is 4.90 Å². The molecule has 2 N–H and O–H groups in total. The number of carbonyl (C=O) groups is 2. The van der Waals surface area contributed by atoms with Crippen LogP contribution in [0.1, 0.15) is 0 Å². The van der Waals surface area contributed by atoms with Gasteiger partial charge in [0.05, 0.1) is 5.69 Å². The second-order valence-electron chi connectivity index (χ2n) is 3.08. The van der Waals surface area contributed by atoms with Crippen molar-refractivity contribution in [1.82, 2.24) is 5.01 Å². The number of urea groups is 1. The molecule has 1 aliphatic heterocycles. The molecule has 1 aromatic carbocycles. The molecule has 0 saturated carbocycles. The zero-order chi connectivity index (χ0) is 11.0. The number of para-hydroxylation sites is 1. The lowest BCUT2D eigenvalue weighted by molar-refractivity contribution is -0.123. The van der Waals surface area contributed by atoms with Gasteiger partial charge in [0.2, 0.25) is 0 Å². The predicted molar refractivity (Wildman–Crippen MR) is 54.5 cm³/mol. The fourth-order valence-corrected chi connectivity index (χ4v) is 1.39. The van der Waals surface area contributed by atoms with Crippen LogP contribution in [-0.4, -0.2) is 16.9 Å². The number of hydrogen-bond donors (Lipinski definition) is 1. The van der Waals surface area contributed by atoms with Crippen molar-refractivity contribution in [3.8, 4) is 0 Å². The smallest absolute Gasteiger partial charge is 0.265 e. The maximum atomic E-state index is 11.6. The number of hydrogen-bond acceptors (Lipinski definition) is 3. The number of nitrogens with zero attached hydrogens (tertiary/aromatic N) is 2. The number of imide groups is 1. The van der Waals surface area contributed by atoms with Crippen molar-refractivity contribution in [2.24, 2.45) is 5.84 Å². The van der Waals surface area contributed by atoms with Crippen LogP contribution in [-0.2, 0) is 4.79 Å². The quantitative estimate of drug-likeness (QED) is 0.318. The Bertz CT molecular complexity index is 441. The van der Waals surface area contributed by atoms with Gasteiger partial charge >= 0.3 is 6.03 Å². The average molecular weight is 203 g/mol. The molecule has 0 aliphatic carbocycles. The summed E-state index contributed by atoms with van der Waals surface area (Å²) in [6, 6.07) is 8.16. The Morgan fingerprint density at radius 2 is 1.73 bits per heavy atom. The van der Waals surface area contributed by atoms with Crippen molar-refractivity contribution < 1.29 is 9.59 Å². The second kappa shape index (κ2) is 3.21. The zero-order valence-corrected chi connectivity index (χ0v) is 7.88. The molecule has 0 atom stereocenters. The molecule has 0 radical (unpaired) electrons. The van der Waals surface area contributed by atoms with Gasteiger partial charge in [-0.15, -0.1) is 0 Å². The third kappa shape index (κ3) is 1.29. The lowest BCUT2D eigenvalue weighted by atomic mass is 10.3. The number of benzene rings is 1. The van der Waals surface area contributed by atoms with Crippen molar-refractivity contribution in [1.29, 1.82) is 0 Å². The van der Waals surface area contributed by atoms with E-state index in [4.69, 9.17) is 5.84 Å². The van der Waals surface area contributed by atoms with E-state index >= 15 is 0 Å². The van der Waals surface area contributed by atoms with Crippen LogP contribution in [0.2, 0.25) is 0 Å². The molecule has 0 unspecified atom stereocenters. The van der Waals surface area contributed by atoms with Crippen molar-refractivity contribution in [3.05, 3.63) is 42.6 Å². The Hall–Kier alpha value is -2.14. The molecule has 3 amide bonds. The fourth-order valence-electron chi connectivity index (χ4n) is 1.39. The Kier molecular flexibility index (Phi) is 2.02. The van der Waals surface area contributed by atoms with E-state index < -0.39 is 11.9 Å². The summed E-state index contributed by atoms with van der Waals surface area (Å²) in [5.41, 5.74) is 0.641. The Morgan fingerprint density at radius 1 is 1.13 bits per heavy atom. The summed E-state index contributed by atoms with van der Waals surface area (Å²) in [5.74, 6) is 4.69. The van der Waals surface area contributed by atoms with Gasteiger partial charge < -0.3 is 0 Å². The van der Waals surface area contributed by atoms with E-state index in [1.54, 1.807) is 24.3 Å². The van der Waals surface area contributed by atoms with Crippen molar-refractivity contribution >= 4 is 17.6 Å². The highest BCUT2D eigenvalue weighted by Crippen LogP contribution is 2.24. The Balaban J connectivity index is 2.44. The van der Waals surface area contributed by atoms with Crippen LogP contribution in [0.5, 0.6) is 0 Å². The second-order valence-corrected chi connectivity index (χ2v) is 3.08. The van der Waals surface area contributed by atoms with Crippen LogP contribution >= 0.6 is 0 Å². The molecule has 1 aromatic rings. The molecule has 2 rings (SSSR count). The monoisotopic (exact) mass is 203 g/mol. The maximum absolute atomic E-state index is 11.6. The molecule has 76 valence electrons. The highest BCUT2D eigenvalue weighted by atomic mass is 16.2. The molecule has 5 heteroatoms. The normalized spacial score (nSPS) is 16.5. The summed E-state index contributed by atoms with van der Waals surface area (Å²) < 4.78 is 0. The summed E-state index contributed by atoms with van der Waals surface area (Å²) in [6.45, 7) is 3.53. The van der Waals surface area contributed by atoms with E-state index in [2.05, 4.69) is 6.58 Å². The first kappa shape index (κ1) is 9.42. The molecular weight excluding hydrogens is 194 g/mol. The first-order chi connectivity index (χ1) is 7.13. The summed E-state index contributed by atoms with van der Waals surface area (Å²) >= 11 is 0. The average Bonchev–Trinajstić information content (AvgIpc) is 2.45. The molecule has 1 aliphatic rings. The van der Waals surface area contributed by atoms with E-state index in [0.29, 0.717) is 10.7 Å². The highest BCUT2D eigenvalue weighted by molar-refractivity contribution is 6.20. The third-order valence-electron chi connectivity index (χ3n) is 2.15. The van der Waals surface area contributed by atoms with Gasteiger partial charge in [0.25, 0.3) is 5.91 Å². The van der Waals surface area contributed by atoms with Crippen molar-refractivity contribution in [3.63, 3.8) is 0 Å². The van der Waals surface area contributed by atoms with E-state index in [9.17, 15) is 9.59 Å². The first-order valence-corrected chi connectivity index (χ1v) is 4.30. The van der Waals surface area contributed by atoms with Crippen LogP contribution in [0, 0.1) is 0 Å². The Morgan fingerprint density at radius 3 is 2.20 bits per heavy atom. The summed E-state index contributed by atoms with van der Waals surface area (Å²) in [7, 11) is 0. The molecule has 0 aromatic heterocycles. The van der Waals surface area contributed by atoms with Gasteiger partial charge in [-0.25, -0.2) is 10.6 Å². The van der Waals surface area contributed by atoms with Crippen LogP contribution < -0.4 is 10.7 Å². The topological polar surface area (TPSA) is 66.6 Å². The van der Waals surface area contributed by atoms with Gasteiger partial charge in [-0.2, -0.15) is 5.01 Å². The number of rotatable bonds is 1. The number of nitrogens with two attached hydrogens (primary N) is 1. The fraction of sp³-hybridized carbons (Fsp3) is 0. The molecule has 0 spiro atoms. The van der Waals surface area contributed by atoms with Gasteiger partial charge in [-0.1, -0.05) is 24.8 Å². The van der Waals surface area contributed by atoms with Gasteiger partial charge in [-0.05, 0) is 12.1 Å². The summed E-state index contributed by atoms with van der Waals surface area (Å²) in [4.78, 5) is 24.1. The molecule has 0 bridgehead atoms. The van der Waals surface area contributed by atoms with Crippen LogP contribution in [0.25, 0.3) is 0 Å². The van der Waals surface area contributed by atoms with Crippen LogP contribution in [0.15, 0.2) is 42.6 Å². The number of hydrazine groups is 1. The van der Waals surface area contributed by atoms with E-state index in [1.807, 2.05) is 6.07 Å². The largest absolute Gasteiger partial charge is 0.350 e. The van der Waals surface area contributed by atoms with Crippen molar-refractivity contribution in [2.45, 2.75) is 0 Å². The third-order valence-corrected chi connectivity index (χ3v) is 2.15. The molecule has 1 heterocycles. The van der Waals surface area contributed by atoms with Crippen molar-refractivity contribution in [2.75, 3.05) is 4.90 Å². The number of carbonyl (C=O) groups excluding carboxylic acids is 2. The van der Waals surface area contributed by atoms with Gasteiger partial charge in [-0.3, -0.25) is 9.69 Å².